The van der Waals surface area contributed by atoms with Crippen LogP contribution in [0.5, 0.6) is 0 Å². The summed E-state index contributed by atoms with van der Waals surface area (Å²) in [5, 5.41) is 10.1. The van der Waals surface area contributed by atoms with Crippen LogP contribution in [0.15, 0.2) is 12.1 Å². The number of nitrogens with zero attached hydrogens (tertiary/aromatic N) is 1. The van der Waals surface area contributed by atoms with E-state index in [0.29, 0.717) is 11.4 Å². The smallest absolute Gasteiger partial charge is 0.303 e. The maximum absolute atomic E-state index is 10.6. The molecule has 1 atom stereocenters. The summed E-state index contributed by atoms with van der Waals surface area (Å²) < 4.78 is 0. The van der Waals surface area contributed by atoms with E-state index in [9.17, 15) is 4.79 Å². The number of hydrogen-bond donors (Lipinski definition) is 1. The molecule has 1 aromatic rings. The van der Waals surface area contributed by atoms with E-state index >= 15 is 0 Å². The van der Waals surface area contributed by atoms with E-state index in [1.54, 1.807) is 6.07 Å². The molecule has 2 rings (SSSR count). The van der Waals surface area contributed by atoms with E-state index in [1.165, 1.54) is 11.1 Å². The third-order valence-corrected chi connectivity index (χ3v) is 4.23. The summed E-state index contributed by atoms with van der Waals surface area (Å²) in [5.41, 5.74) is 2.34. The van der Waals surface area contributed by atoms with Crippen molar-refractivity contribution in [1.82, 2.24) is 4.90 Å². The highest BCUT2D eigenvalue weighted by Crippen LogP contribution is 2.35. The van der Waals surface area contributed by atoms with Crippen molar-refractivity contribution in [3.63, 3.8) is 0 Å². The molecular weight excluding hydrogens is 285 g/mol. The minimum absolute atomic E-state index is 0.215. The van der Waals surface area contributed by atoms with Gasteiger partial charge >= 0.3 is 5.97 Å². The average molecular weight is 302 g/mol. The molecule has 1 aliphatic rings. The molecule has 0 spiro atoms. The topological polar surface area (TPSA) is 40.5 Å². The summed E-state index contributed by atoms with van der Waals surface area (Å²) >= 11 is 12.3. The molecule has 1 heterocycles. The molecule has 0 saturated carbocycles. The van der Waals surface area contributed by atoms with Gasteiger partial charge in [-0.25, -0.2) is 0 Å². The summed E-state index contributed by atoms with van der Waals surface area (Å²) in [6.07, 6.45) is 1.78. The number of fused-ring (bicyclic) bond motifs is 1. The van der Waals surface area contributed by atoms with Gasteiger partial charge in [-0.3, -0.25) is 9.69 Å². The lowest BCUT2D eigenvalue weighted by molar-refractivity contribution is -0.137. The molecule has 3 nitrogen and oxygen atoms in total. The van der Waals surface area contributed by atoms with Crippen molar-refractivity contribution in [2.24, 2.45) is 0 Å². The quantitative estimate of drug-likeness (QED) is 0.920. The van der Waals surface area contributed by atoms with E-state index < -0.39 is 5.97 Å². The number of carboxylic acid groups (broad SMARTS) is 1. The van der Waals surface area contributed by atoms with Gasteiger partial charge in [0.05, 0.1) is 0 Å². The SMILES string of the molecule is CC1c2cc(Cl)cc(Cl)c2CCN1CCCC(=O)O. The zero-order valence-electron chi connectivity index (χ0n) is 10.8. The molecule has 0 aliphatic carbocycles. The number of rotatable bonds is 4. The number of benzene rings is 1. The number of hydrogen-bond acceptors (Lipinski definition) is 2. The van der Waals surface area contributed by atoms with Gasteiger partial charge in [0, 0.05) is 29.1 Å². The molecule has 1 unspecified atom stereocenters. The molecule has 1 aromatic carbocycles. The zero-order valence-corrected chi connectivity index (χ0v) is 12.3. The lowest BCUT2D eigenvalue weighted by atomic mass is 9.93. The van der Waals surface area contributed by atoms with Crippen LogP contribution in [0.4, 0.5) is 0 Å². The summed E-state index contributed by atoms with van der Waals surface area (Å²) in [4.78, 5) is 12.8. The molecule has 1 N–H and O–H groups in total. The van der Waals surface area contributed by atoms with Gasteiger partial charge < -0.3 is 5.11 Å². The highest BCUT2D eigenvalue weighted by atomic mass is 35.5. The van der Waals surface area contributed by atoms with Crippen LogP contribution in [0.1, 0.15) is 36.9 Å². The first-order chi connectivity index (χ1) is 8.99. The van der Waals surface area contributed by atoms with Crippen molar-refractivity contribution in [3.8, 4) is 0 Å². The Hall–Kier alpha value is -0.770. The van der Waals surface area contributed by atoms with Crippen LogP contribution >= 0.6 is 23.2 Å². The van der Waals surface area contributed by atoms with Gasteiger partial charge in [-0.2, -0.15) is 0 Å². The van der Waals surface area contributed by atoms with Crippen molar-refractivity contribution >= 4 is 29.2 Å². The van der Waals surface area contributed by atoms with Gasteiger partial charge in [0.2, 0.25) is 0 Å². The van der Waals surface area contributed by atoms with E-state index in [4.69, 9.17) is 28.3 Å². The van der Waals surface area contributed by atoms with Crippen molar-refractivity contribution in [3.05, 3.63) is 33.3 Å². The fourth-order valence-corrected chi connectivity index (χ4v) is 3.25. The molecule has 0 aromatic heterocycles. The van der Waals surface area contributed by atoms with Crippen LogP contribution in [-0.4, -0.2) is 29.1 Å². The normalized spacial score (nSPS) is 19.2. The van der Waals surface area contributed by atoms with Crippen LogP contribution in [-0.2, 0) is 11.2 Å². The summed E-state index contributed by atoms with van der Waals surface area (Å²) in [6, 6.07) is 3.99. The van der Waals surface area contributed by atoms with E-state index in [0.717, 1.165) is 24.5 Å². The standard InChI is InChI=1S/C14H17Cl2NO2/c1-9-12-7-10(15)8-13(16)11(12)4-6-17(9)5-2-3-14(18)19/h7-9H,2-6H2,1H3,(H,18,19). The molecule has 19 heavy (non-hydrogen) atoms. The van der Waals surface area contributed by atoms with Gasteiger partial charge in [0.15, 0.2) is 0 Å². The van der Waals surface area contributed by atoms with Crippen molar-refractivity contribution in [2.45, 2.75) is 32.2 Å². The van der Waals surface area contributed by atoms with Gasteiger partial charge in [-0.05, 0) is 49.6 Å². The molecule has 104 valence electrons. The molecule has 0 amide bonds. The Morgan fingerprint density at radius 2 is 2.21 bits per heavy atom. The van der Waals surface area contributed by atoms with Crippen molar-refractivity contribution < 1.29 is 9.90 Å². The first-order valence-electron chi connectivity index (χ1n) is 6.42. The first kappa shape index (κ1) is 14.6. The van der Waals surface area contributed by atoms with Crippen LogP contribution < -0.4 is 0 Å². The Morgan fingerprint density at radius 3 is 2.89 bits per heavy atom. The number of carbonyl (C=O) groups is 1. The molecule has 5 heteroatoms. The predicted octanol–water partition coefficient (Wildman–Crippen LogP) is 3.78. The largest absolute Gasteiger partial charge is 0.481 e. The average Bonchev–Trinajstić information content (AvgIpc) is 2.32. The Morgan fingerprint density at radius 1 is 1.47 bits per heavy atom. The molecule has 0 radical (unpaired) electrons. The molecule has 0 bridgehead atoms. The van der Waals surface area contributed by atoms with E-state index in [1.807, 2.05) is 6.07 Å². The summed E-state index contributed by atoms with van der Waals surface area (Å²) in [6.45, 7) is 3.82. The number of aliphatic carboxylic acids is 1. The second-order valence-corrected chi connectivity index (χ2v) is 5.76. The first-order valence-corrected chi connectivity index (χ1v) is 7.18. The van der Waals surface area contributed by atoms with Crippen LogP contribution in [0.2, 0.25) is 10.0 Å². The second kappa shape index (κ2) is 6.12. The Bertz CT molecular complexity index is 491. The number of carboxylic acids is 1. The Kier molecular flexibility index (Phi) is 4.71. The molecule has 1 aliphatic heterocycles. The van der Waals surface area contributed by atoms with Crippen molar-refractivity contribution in [1.29, 1.82) is 0 Å². The Labute approximate surface area is 123 Å². The maximum atomic E-state index is 10.6. The minimum Gasteiger partial charge on any atom is -0.481 e. The van der Waals surface area contributed by atoms with Crippen LogP contribution in [0.3, 0.4) is 0 Å². The predicted molar refractivity (Wildman–Crippen MR) is 77.0 cm³/mol. The van der Waals surface area contributed by atoms with Gasteiger partial charge in [-0.15, -0.1) is 0 Å². The number of halogens is 2. The lowest BCUT2D eigenvalue weighted by Crippen LogP contribution is -2.35. The lowest BCUT2D eigenvalue weighted by Gasteiger charge is -2.35. The third kappa shape index (κ3) is 3.41. The van der Waals surface area contributed by atoms with E-state index in [-0.39, 0.29) is 12.5 Å². The fraction of sp³-hybridized carbons (Fsp3) is 0.500. The molecular formula is C14H17Cl2NO2. The van der Waals surface area contributed by atoms with Gasteiger partial charge in [-0.1, -0.05) is 23.2 Å². The third-order valence-electron chi connectivity index (χ3n) is 3.68. The maximum Gasteiger partial charge on any atom is 0.303 e. The molecule has 0 fully saturated rings. The van der Waals surface area contributed by atoms with Crippen LogP contribution in [0.25, 0.3) is 0 Å². The van der Waals surface area contributed by atoms with Crippen LogP contribution in [0, 0.1) is 0 Å². The zero-order chi connectivity index (χ0) is 14.0. The summed E-state index contributed by atoms with van der Waals surface area (Å²) in [5.74, 6) is -0.740. The van der Waals surface area contributed by atoms with Gasteiger partial charge in [0.1, 0.15) is 0 Å². The summed E-state index contributed by atoms with van der Waals surface area (Å²) in [7, 11) is 0. The monoisotopic (exact) mass is 301 g/mol. The highest BCUT2D eigenvalue weighted by molar-refractivity contribution is 6.35. The second-order valence-electron chi connectivity index (χ2n) is 4.91. The van der Waals surface area contributed by atoms with E-state index in [2.05, 4.69) is 11.8 Å². The highest BCUT2D eigenvalue weighted by Gasteiger charge is 2.25. The fourth-order valence-electron chi connectivity index (χ4n) is 2.64. The Balaban J connectivity index is 2.10. The minimum atomic E-state index is -0.740. The molecule has 0 saturated heterocycles. The van der Waals surface area contributed by atoms with Gasteiger partial charge in [0.25, 0.3) is 0 Å². The van der Waals surface area contributed by atoms with Crippen molar-refractivity contribution in [2.75, 3.05) is 13.1 Å².